The molecule has 0 aliphatic heterocycles. The SMILES string of the molecule is CCOc1ccc(OCC(=O)OCc2csc(-c3ccc(OCC)c(OC)c3)n2)cc1. The third-order valence-corrected chi connectivity index (χ3v) is 5.07. The van der Waals surface area contributed by atoms with Gasteiger partial charge in [-0.1, -0.05) is 0 Å². The molecule has 0 fully saturated rings. The Morgan fingerprint density at radius 1 is 0.935 bits per heavy atom. The molecule has 0 amide bonds. The molecule has 31 heavy (non-hydrogen) atoms. The first-order chi connectivity index (χ1) is 15.1. The van der Waals surface area contributed by atoms with Crippen molar-refractivity contribution >= 4 is 17.3 Å². The second-order valence-electron chi connectivity index (χ2n) is 6.30. The molecule has 0 atom stereocenters. The molecule has 1 heterocycles. The predicted octanol–water partition coefficient (Wildman–Crippen LogP) is 4.74. The van der Waals surface area contributed by atoms with Crippen molar-refractivity contribution in [2.75, 3.05) is 26.9 Å². The Hall–Kier alpha value is -3.26. The summed E-state index contributed by atoms with van der Waals surface area (Å²) >= 11 is 1.47. The van der Waals surface area contributed by atoms with Crippen molar-refractivity contribution in [2.24, 2.45) is 0 Å². The van der Waals surface area contributed by atoms with Crippen LogP contribution < -0.4 is 18.9 Å². The summed E-state index contributed by atoms with van der Waals surface area (Å²) in [5, 5.41) is 2.66. The number of esters is 1. The van der Waals surface area contributed by atoms with Gasteiger partial charge in [-0.25, -0.2) is 9.78 Å². The fraction of sp³-hybridized carbons (Fsp3) is 0.304. The van der Waals surface area contributed by atoms with Crippen LogP contribution >= 0.6 is 11.3 Å². The van der Waals surface area contributed by atoms with Crippen molar-refractivity contribution < 1.29 is 28.5 Å². The van der Waals surface area contributed by atoms with Crippen LogP contribution in [0.3, 0.4) is 0 Å². The number of carbonyl (C=O) groups excluding carboxylic acids is 1. The largest absolute Gasteiger partial charge is 0.494 e. The average Bonchev–Trinajstić information content (AvgIpc) is 3.27. The Morgan fingerprint density at radius 3 is 2.32 bits per heavy atom. The number of hydrogen-bond acceptors (Lipinski definition) is 8. The monoisotopic (exact) mass is 443 g/mol. The van der Waals surface area contributed by atoms with Gasteiger partial charge in [-0.3, -0.25) is 0 Å². The zero-order valence-corrected chi connectivity index (χ0v) is 18.6. The highest BCUT2D eigenvalue weighted by Gasteiger charge is 2.12. The molecule has 0 radical (unpaired) electrons. The number of thiazole rings is 1. The maximum Gasteiger partial charge on any atom is 0.344 e. The van der Waals surface area contributed by atoms with Gasteiger partial charge in [0.15, 0.2) is 18.1 Å². The lowest BCUT2D eigenvalue weighted by atomic mass is 10.2. The van der Waals surface area contributed by atoms with Crippen molar-refractivity contribution in [1.29, 1.82) is 0 Å². The maximum atomic E-state index is 12.0. The minimum Gasteiger partial charge on any atom is -0.494 e. The lowest BCUT2D eigenvalue weighted by Gasteiger charge is -2.10. The van der Waals surface area contributed by atoms with E-state index in [0.717, 1.165) is 16.3 Å². The van der Waals surface area contributed by atoms with Gasteiger partial charge >= 0.3 is 5.97 Å². The summed E-state index contributed by atoms with van der Waals surface area (Å²) in [7, 11) is 1.60. The fourth-order valence-corrected chi connectivity index (χ4v) is 3.52. The zero-order chi connectivity index (χ0) is 22.1. The summed E-state index contributed by atoms with van der Waals surface area (Å²) < 4.78 is 27.0. The molecule has 0 bridgehead atoms. The lowest BCUT2D eigenvalue weighted by Crippen LogP contribution is -2.14. The first-order valence-electron chi connectivity index (χ1n) is 9.89. The average molecular weight is 444 g/mol. The molecule has 3 rings (SSSR count). The molecule has 0 spiro atoms. The molecule has 0 aliphatic rings. The number of aromatic nitrogens is 1. The maximum absolute atomic E-state index is 12.0. The molecule has 0 unspecified atom stereocenters. The first kappa shape index (κ1) is 22.4. The summed E-state index contributed by atoms with van der Waals surface area (Å²) in [5.41, 5.74) is 1.57. The van der Waals surface area contributed by atoms with Crippen molar-refractivity contribution in [3.8, 4) is 33.6 Å². The fourth-order valence-electron chi connectivity index (χ4n) is 2.72. The summed E-state index contributed by atoms with van der Waals surface area (Å²) in [6.45, 7) is 4.89. The van der Waals surface area contributed by atoms with Crippen molar-refractivity contribution in [3.05, 3.63) is 53.5 Å². The van der Waals surface area contributed by atoms with Crippen LogP contribution in [0, 0.1) is 0 Å². The Kier molecular flexibility index (Phi) is 8.12. The zero-order valence-electron chi connectivity index (χ0n) is 17.8. The van der Waals surface area contributed by atoms with E-state index in [1.807, 2.05) is 37.4 Å². The summed E-state index contributed by atoms with van der Waals surface area (Å²) in [5.74, 6) is 2.19. The second-order valence-corrected chi connectivity index (χ2v) is 7.15. The summed E-state index contributed by atoms with van der Waals surface area (Å²) in [4.78, 5) is 16.5. The Labute approximate surface area is 185 Å². The van der Waals surface area contributed by atoms with Gasteiger partial charge in [-0.05, 0) is 56.3 Å². The van der Waals surface area contributed by atoms with Crippen LogP contribution in [0.15, 0.2) is 47.8 Å². The van der Waals surface area contributed by atoms with E-state index in [2.05, 4.69) is 4.98 Å². The molecule has 0 N–H and O–H groups in total. The second kappa shape index (κ2) is 11.2. The van der Waals surface area contributed by atoms with Gasteiger partial charge < -0.3 is 23.7 Å². The van der Waals surface area contributed by atoms with Gasteiger partial charge in [-0.15, -0.1) is 11.3 Å². The highest BCUT2D eigenvalue weighted by Crippen LogP contribution is 2.33. The van der Waals surface area contributed by atoms with Gasteiger partial charge in [-0.2, -0.15) is 0 Å². The molecule has 3 aromatic rings. The Morgan fingerprint density at radius 2 is 1.65 bits per heavy atom. The first-order valence-corrected chi connectivity index (χ1v) is 10.8. The topological polar surface area (TPSA) is 76.1 Å². The van der Waals surface area contributed by atoms with E-state index in [-0.39, 0.29) is 13.2 Å². The van der Waals surface area contributed by atoms with E-state index in [1.54, 1.807) is 31.4 Å². The molecule has 2 aromatic carbocycles. The molecule has 0 saturated heterocycles. The van der Waals surface area contributed by atoms with Crippen LogP contribution in [0.2, 0.25) is 0 Å². The molecular formula is C23H25NO6S. The summed E-state index contributed by atoms with van der Waals surface area (Å²) in [6.07, 6.45) is 0. The number of benzene rings is 2. The van der Waals surface area contributed by atoms with Gasteiger partial charge in [0, 0.05) is 10.9 Å². The van der Waals surface area contributed by atoms with Gasteiger partial charge in [0.1, 0.15) is 23.1 Å². The molecule has 7 nitrogen and oxygen atoms in total. The number of hydrogen-bond donors (Lipinski definition) is 0. The normalized spacial score (nSPS) is 10.4. The highest BCUT2D eigenvalue weighted by molar-refractivity contribution is 7.13. The van der Waals surface area contributed by atoms with E-state index in [1.165, 1.54) is 11.3 Å². The van der Waals surface area contributed by atoms with E-state index in [9.17, 15) is 4.79 Å². The van der Waals surface area contributed by atoms with Gasteiger partial charge in [0.05, 0.1) is 26.0 Å². The Bertz CT molecular complexity index is 986. The molecule has 0 aliphatic carbocycles. The number of rotatable bonds is 11. The van der Waals surface area contributed by atoms with E-state index in [0.29, 0.717) is 36.2 Å². The van der Waals surface area contributed by atoms with E-state index < -0.39 is 5.97 Å². The van der Waals surface area contributed by atoms with Crippen LogP contribution in [0.25, 0.3) is 10.6 Å². The highest BCUT2D eigenvalue weighted by atomic mass is 32.1. The number of ether oxygens (including phenoxy) is 5. The van der Waals surface area contributed by atoms with Crippen molar-refractivity contribution in [3.63, 3.8) is 0 Å². The molecule has 164 valence electrons. The predicted molar refractivity (Wildman–Crippen MR) is 118 cm³/mol. The third kappa shape index (κ3) is 6.36. The molecule has 1 aromatic heterocycles. The quantitative estimate of drug-likeness (QED) is 0.396. The number of carbonyl (C=O) groups is 1. The van der Waals surface area contributed by atoms with Crippen LogP contribution in [-0.4, -0.2) is 37.9 Å². The van der Waals surface area contributed by atoms with Crippen molar-refractivity contribution in [1.82, 2.24) is 4.98 Å². The van der Waals surface area contributed by atoms with E-state index in [4.69, 9.17) is 23.7 Å². The minimum atomic E-state index is -0.467. The Balaban J connectivity index is 1.51. The summed E-state index contributed by atoms with van der Waals surface area (Å²) in [6, 6.07) is 12.7. The molecule has 8 heteroatoms. The molecular weight excluding hydrogens is 418 g/mol. The van der Waals surface area contributed by atoms with E-state index >= 15 is 0 Å². The van der Waals surface area contributed by atoms with Gasteiger partial charge in [0.2, 0.25) is 0 Å². The van der Waals surface area contributed by atoms with Crippen molar-refractivity contribution in [2.45, 2.75) is 20.5 Å². The van der Waals surface area contributed by atoms with Crippen LogP contribution in [0.1, 0.15) is 19.5 Å². The number of nitrogens with zero attached hydrogens (tertiary/aromatic N) is 1. The minimum absolute atomic E-state index is 0.0795. The van der Waals surface area contributed by atoms with Crippen LogP contribution in [0.5, 0.6) is 23.0 Å². The molecule has 0 saturated carbocycles. The number of methoxy groups -OCH3 is 1. The third-order valence-electron chi connectivity index (χ3n) is 4.13. The smallest absolute Gasteiger partial charge is 0.344 e. The lowest BCUT2D eigenvalue weighted by molar-refractivity contribution is -0.147. The standard InChI is InChI=1S/C23H25NO6S/c1-4-27-18-7-9-19(10-8-18)29-14-22(25)30-13-17-15-31-23(24-17)16-6-11-20(28-5-2)21(12-16)26-3/h6-12,15H,4-5,13-14H2,1-3H3. The van der Waals surface area contributed by atoms with Crippen LogP contribution in [-0.2, 0) is 16.1 Å². The van der Waals surface area contributed by atoms with Crippen LogP contribution in [0.4, 0.5) is 0 Å². The van der Waals surface area contributed by atoms with Gasteiger partial charge in [0.25, 0.3) is 0 Å².